The highest BCUT2D eigenvalue weighted by Crippen LogP contribution is 2.13. The first-order valence-corrected chi connectivity index (χ1v) is 8.78. The molecule has 0 saturated carbocycles. The fourth-order valence-corrected chi connectivity index (χ4v) is 3.28. The summed E-state index contributed by atoms with van der Waals surface area (Å²) >= 11 is 1.58. The van der Waals surface area contributed by atoms with Crippen molar-refractivity contribution < 1.29 is 9.00 Å². The Morgan fingerprint density at radius 2 is 2.16 bits per heavy atom. The van der Waals surface area contributed by atoms with Gasteiger partial charge in [-0.2, -0.15) is 0 Å². The highest BCUT2D eigenvalue weighted by Gasteiger charge is 2.20. The van der Waals surface area contributed by atoms with Gasteiger partial charge in [-0.05, 0) is 19.3 Å². The number of rotatable bonds is 7. The van der Waals surface area contributed by atoms with E-state index in [-0.39, 0.29) is 5.91 Å². The van der Waals surface area contributed by atoms with Crippen molar-refractivity contribution in [2.45, 2.75) is 45.1 Å². The quantitative estimate of drug-likeness (QED) is 0.839. The first-order chi connectivity index (χ1) is 8.93. The van der Waals surface area contributed by atoms with Crippen molar-refractivity contribution in [3.05, 3.63) is 16.1 Å². The molecule has 2 atom stereocenters. The molecule has 1 heterocycles. The van der Waals surface area contributed by atoms with Gasteiger partial charge in [0.15, 0.2) is 0 Å². The second-order valence-electron chi connectivity index (χ2n) is 4.89. The van der Waals surface area contributed by atoms with Gasteiger partial charge in [0.2, 0.25) is 5.91 Å². The van der Waals surface area contributed by atoms with E-state index in [1.807, 2.05) is 26.2 Å². The largest absolute Gasteiger partial charge is 0.355 e. The Morgan fingerprint density at radius 1 is 1.47 bits per heavy atom. The molecule has 0 spiro atoms. The van der Waals surface area contributed by atoms with Crippen molar-refractivity contribution in [2.75, 3.05) is 6.54 Å². The van der Waals surface area contributed by atoms with Crippen LogP contribution in [0.3, 0.4) is 0 Å². The van der Waals surface area contributed by atoms with Crippen LogP contribution in [0.15, 0.2) is 5.38 Å². The summed E-state index contributed by atoms with van der Waals surface area (Å²) in [5.41, 5.74) is 0.823. The van der Waals surface area contributed by atoms with E-state index in [9.17, 15) is 9.00 Å². The standard InChI is InChI=1S/C13H22N2O2S2/c1-5-12-15-11(7-18-12)8-19(17)10(4)13(16)14-6-9(2)3/h7,9-10H,5-6,8H2,1-4H3,(H,14,16)/t10-,19+/m1/s1. The van der Waals surface area contributed by atoms with Crippen LogP contribution in [0, 0.1) is 5.92 Å². The van der Waals surface area contributed by atoms with Gasteiger partial charge in [-0.25, -0.2) is 4.98 Å². The van der Waals surface area contributed by atoms with E-state index in [0.717, 1.165) is 17.1 Å². The zero-order valence-electron chi connectivity index (χ0n) is 11.9. The van der Waals surface area contributed by atoms with Gasteiger partial charge in [-0.3, -0.25) is 9.00 Å². The summed E-state index contributed by atoms with van der Waals surface area (Å²) in [5.74, 6) is 0.612. The van der Waals surface area contributed by atoms with Crippen molar-refractivity contribution in [1.82, 2.24) is 10.3 Å². The monoisotopic (exact) mass is 302 g/mol. The molecule has 0 fully saturated rings. The van der Waals surface area contributed by atoms with Gasteiger partial charge in [-0.15, -0.1) is 11.3 Å². The maximum absolute atomic E-state index is 12.1. The molecule has 1 amide bonds. The molecule has 0 radical (unpaired) electrons. The van der Waals surface area contributed by atoms with Gasteiger partial charge in [0.25, 0.3) is 0 Å². The van der Waals surface area contributed by atoms with Crippen LogP contribution in [0.4, 0.5) is 0 Å². The summed E-state index contributed by atoms with van der Waals surface area (Å²) in [5, 5.41) is 5.29. The minimum atomic E-state index is -1.22. The lowest BCUT2D eigenvalue weighted by Crippen LogP contribution is -2.37. The lowest BCUT2D eigenvalue weighted by atomic mass is 10.2. The van der Waals surface area contributed by atoms with Crippen molar-refractivity contribution in [3.8, 4) is 0 Å². The van der Waals surface area contributed by atoms with Crippen LogP contribution in [0.25, 0.3) is 0 Å². The number of aryl methyl sites for hydroxylation is 1. The molecule has 108 valence electrons. The third kappa shape index (κ3) is 5.40. The molecule has 1 aromatic heterocycles. The zero-order valence-corrected chi connectivity index (χ0v) is 13.6. The number of hydrogen-bond donors (Lipinski definition) is 1. The zero-order chi connectivity index (χ0) is 14.4. The third-order valence-corrected chi connectivity index (χ3v) is 5.27. The Morgan fingerprint density at radius 3 is 2.68 bits per heavy atom. The number of carbonyl (C=O) groups is 1. The van der Waals surface area contributed by atoms with Crippen LogP contribution in [0.5, 0.6) is 0 Å². The number of thiazole rings is 1. The molecular weight excluding hydrogens is 280 g/mol. The molecule has 0 bridgehead atoms. The summed E-state index contributed by atoms with van der Waals surface area (Å²) in [6, 6.07) is 0. The predicted octanol–water partition coefficient (Wildman–Crippen LogP) is 2.11. The van der Waals surface area contributed by atoms with Gasteiger partial charge >= 0.3 is 0 Å². The second kappa shape index (κ2) is 7.75. The lowest BCUT2D eigenvalue weighted by molar-refractivity contribution is -0.120. The van der Waals surface area contributed by atoms with Gasteiger partial charge in [0.05, 0.1) is 16.5 Å². The van der Waals surface area contributed by atoms with Crippen molar-refractivity contribution >= 4 is 28.0 Å². The van der Waals surface area contributed by atoms with Crippen molar-refractivity contribution in [2.24, 2.45) is 5.92 Å². The Balaban J connectivity index is 2.50. The lowest BCUT2D eigenvalue weighted by Gasteiger charge is -2.12. The molecule has 19 heavy (non-hydrogen) atoms. The SMILES string of the molecule is CCc1nc(C[S@](=O)[C@H](C)C(=O)NCC(C)C)cs1. The fourth-order valence-electron chi connectivity index (χ4n) is 1.42. The number of amides is 1. The number of carbonyl (C=O) groups excluding carboxylic acids is 1. The van der Waals surface area contributed by atoms with Crippen molar-refractivity contribution in [3.63, 3.8) is 0 Å². The molecule has 6 heteroatoms. The Labute approximate surface area is 121 Å². The average Bonchev–Trinajstić information content (AvgIpc) is 2.82. The van der Waals surface area contributed by atoms with Gasteiger partial charge < -0.3 is 5.32 Å². The summed E-state index contributed by atoms with van der Waals surface area (Å²) in [4.78, 5) is 16.2. The fraction of sp³-hybridized carbons (Fsp3) is 0.692. The molecule has 1 N–H and O–H groups in total. The topological polar surface area (TPSA) is 59.1 Å². The number of nitrogens with zero attached hydrogens (tertiary/aromatic N) is 1. The minimum Gasteiger partial charge on any atom is -0.355 e. The summed E-state index contributed by atoms with van der Waals surface area (Å²) in [6.45, 7) is 8.43. The smallest absolute Gasteiger partial charge is 0.235 e. The maximum Gasteiger partial charge on any atom is 0.235 e. The van der Waals surface area contributed by atoms with Gasteiger partial charge in [0, 0.05) is 22.7 Å². The molecule has 4 nitrogen and oxygen atoms in total. The van der Waals surface area contributed by atoms with Crippen LogP contribution >= 0.6 is 11.3 Å². The minimum absolute atomic E-state index is 0.141. The average molecular weight is 302 g/mol. The Bertz CT molecular complexity index is 444. The molecule has 0 unspecified atom stereocenters. The van der Waals surface area contributed by atoms with E-state index < -0.39 is 16.0 Å². The molecule has 0 aromatic carbocycles. The Hall–Kier alpha value is -0.750. The van der Waals surface area contributed by atoms with Crippen LogP contribution in [-0.4, -0.2) is 26.9 Å². The van der Waals surface area contributed by atoms with E-state index >= 15 is 0 Å². The number of aromatic nitrogens is 1. The molecule has 0 aliphatic heterocycles. The molecule has 0 aliphatic carbocycles. The Kier molecular flexibility index (Phi) is 6.65. The molecular formula is C13H22N2O2S2. The summed E-state index contributed by atoms with van der Waals surface area (Å²) < 4.78 is 12.1. The van der Waals surface area contributed by atoms with Crippen molar-refractivity contribution in [1.29, 1.82) is 0 Å². The molecule has 0 saturated heterocycles. The van der Waals surface area contributed by atoms with E-state index in [0.29, 0.717) is 18.2 Å². The first kappa shape index (κ1) is 16.3. The number of nitrogens with one attached hydrogen (secondary N) is 1. The summed E-state index contributed by atoms with van der Waals surface area (Å²) in [6.07, 6.45) is 0.891. The van der Waals surface area contributed by atoms with Crippen LogP contribution < -0.4 is 5.32 Å². The van der Waals surface area contributed by atoms with E-state index in [4.69, 9.17) is 0 Å². The highest BCUT2D eigenvalue weighted by atomic mass is 32.2. The highest BCUT2D eigenvalue weighted by molar-refractivity contribution is 7.85. The molecule has 0 aliphatic rings. The predicted molar refractivity (Wildman–Crippen MR) is 80.6 cm³/mol. The summed E-state index contributed by atoms with van der Waals surface area (Å²) in [7, 11) is -1.22. The molecule has 1 aromatic rings. The molecule has 1 rings (SSSR count). The number of hydrogen-bond acceptors (Lipinski definition) is 4. The maximum atomic E-state index is 12.1. The van der Waals surface area contributed by atoms with Crippen LogP contribution in [0.2, 0.25) is 0 Å². The normalized spacial score (nSPS) is 14.4. The van der Waals surface area contributed by atoms with E-state index in [1.54, 1.807) is 18.3 Å². The second-order valence-corrected chi connectivity index (χ2v) is 7.59. The van der Waals surface area contributed by atoms with E-state index in [1.165, 1.54) is 0 Å². The van der Waals surface area contributed by atoms with Gasteiger partial charge in [0.1, 0.15) is 5.25 Å². The van der Waals surface area contributed by atoms with Gasteiger partial charge in [-0.1, -0.05) is 20.8 Å². The first-order valence-electron chi connectivity index (χ1n) is 6.52. The van der Waals surface area contributed by atoms with E-state index in [2.05, 4.69) is 10.3 Å². The third-order valence-electron chi connectivity index (χ3n) is 2.64. The van der Waals surface area contributed by atoms with Crippen LogP contribution in [0.1, 0.15) is 38.4 Å². The van der Waals surface area contributed by atoms with Crippen LogP contribution in [-0.2, 0) is 27.8 Å².